The molecule has 2 heterocycles. The molecule has 1 N–H and O–H groups in total. The maximum atomic E-state index is 14.6. The van der Waals surface area contributed by atoms with Crippen LogP contribution in [0.25, 0.3) is 44.3 Å². The molecule has 3 nitrogen and oxygen atoms in total. The number of hydrogen-bond donors (Lipinski definition) is 1. The maximum absolute atomic E-state index is 14.6. The molecule has 0 saturated carbocycles. The van der Waals surface area contributed by atoms with Crippen molar-refractivity contribution in [2.24, 2.45) is 0 Å². The van der Waals surface area contributed by atoms with Gasteiger partial charge in [0.2, 0.25) is 0 Å². The molecule has 7 heteroatoms. The van der Waals surface area contributed by atoms with E-state index in [0.29, 0.717) is 44.6 Å². The van der Waals surface area contributed by atoms with Crippen LogP contribution < -0.4 is 5.32 Å². The van der Waals surface area contributed by atoms with Gasteiger partial charge in [-0.1, -0.05) is 24.3 Å². The third kappa shape index (κ3) is 4.25. The van der Waals surface area contributed by atoms with E-state index < -0.39 is 23.3 Å². The van der Waals surface area contributed by atoms with Gasteiger partial charge in [-0.3, -0.25) is 0 Å². The Kier molecular flexibility index (Phi) is 5.53. The number of benzene rings is 4. The molecule has 0 spiro atoms. The summed E-state index contributed by atoms with van der Waals surface area (Å²) in [5.74, 6) is -1.87. The standard InChI is InChI=1S/C30H17F4N3/c31-17-9-11-25-21(13-17)29(15-27(35-25)19-5-1-3-7-23(19)33)37-30-16-28(20-6-2-4-8-24(20)34)36-26-12-10-18(32)14-22(26)30/h1-16H,(H,35,36,37). The summed E-state index contributed by atoms with van der Waals surface area (Å²) in [5.41, 5.74) is 2.91. The lowest BCUT2D eigenvalue weighted by atomic mass is 10.0. The Morgan fingerprint density at radius 2 is 0.919 bits per heavy atom. The third-order valence-electron chi connectivity index (χ3n) is 6.11. The summed E-state index contributed by atoms with van der Waals surface area (Å²) in [6.45, 7) is 0. The molecule has 6 aromatic rings. The summed E-state index contributed by atoms with van der Waals surface area (Å²) >= 11 is 0. The molecule has 0 atom stereocenters. The molecule has 6 rings (SSSR count). The molecule has 0 aliphatic heterocycles. The molecule has 2 aromatic heterocycles. The van der Waals surface area contributed by atoms with Crippen molar-refractivity contribution >= 4 is 33.2 Å². The second-order valence-corrected chi connectivity index (χ2v) is 8.52. The number of hydrogen-bond acceptors (Lipinski definition) is 3. The largest absolute Gasteiger partial charge is 0.354 e. The summed E-state index contributed by atoms with van der Waals surface area (Å²) in [6.07, 6.45) is 0. The first-order chi connectivity index (χ1) is 18.0. The lowest BCUT2D eigenvalue weighted by Gasteiger charge is -2.16. The highest BCUT2D eigenvalue weighted by atomic mass is 19.1. The fraction of sp³-hybridized carbons (Fsp3) is 0. The first-order valence-corrected chi connectivity index (χ1v) is 11.4. The zero-order valence-corrected chi connectivity index (χ0v) is 19.1. The second kappa shape index (κ2) is 9.02. The summed E-state index contributed by atoms with van der Waals surface area (Å²) in [7, 11) is 0. The number of anilines is 2. The van der Waals surface area contributed by atoms with Gasteiger partial charge in [-0.05, 0) is 72.8 Å². The van der Waals surface area contributed by atoms with E-state index in [1.807, 2.05) is 0 Å². The Hall–Kier alpha value is -4.78. The van der Waals surface area contributed by atoms with Crippen molar-refractivity contribution < 1.29 is 17.6 Å². The van der Waals surface area contributed by atoms with Gasteiger partial charge in [-0.15, -0.1) is 0 Å². The normalized spacial score (nSPS) is 11.2. The molecule has 0 amide bonds. The number of rotatable bonds is 4. The van der Waals surface area contributed by atoms with Crippen LogP contribution in [0.1, 0.15) is 0 Å². The maximum Gasteiger partial charge on any atom is 0.132 e. The predicted molar refractivity (Wildman–Crippen MR) is 137 cm³/mol. The molecule has 0 aliphatic carbocycles. The Bertz CT molecular complexity index is 1680. The molecule has 4 aromatic carbocycles. The minimum atomic E-state index is -0.478. The van der Waals surface area contributed by atoms with Crippen molar-refractivity contribution in [1.82, 2.24) is 9.97 Å². The third-order valence-corrected chi connectivity index (χ3v) is 6.11. The van der Waals surface area contributed by atoms with E-state index in [9.17, 15) is 17.6 Å². The highest BCUT2D eigenvalue weighted by molar-refractivity contribution is 6.01. The molecule has 0 saturated heterocycles. The first kappa shape index (κ1) is 22.7. The number of nitrogens with one attached hydrogen (secondary N) is 1. The minimum absolute atomic E-state index is 0.273. The number of nitrogens with zero attached hydrogens (tertiary/aromatic N) is 2. The van der Waals surface area contributed by atoms with Crippen molar-refractivity contribution in [3.05, 3.63) is 120 Å². The van der Waals surface area contributed by atoms with E-state index in [4.69, 9.17) is 0 Å². The van der Waals surface area contributed by atoms with E-state index in [1.165, 1.54) is 48.5 Å². The monoisotopic (exact) mass is 495 g/mol. The topological polar surface area (TPSA) is 37.8 Å². The van der Waals surface area contributed by atoms with E-state index in [2.05, 4.69) is 15.3 Å². The van der Waals surface area contributed by atoms with Gasteiger partial charge in [0.25, 0.3) is 0 Å². The average molecular weight is 495 g/mol. The summed E-state index contributed by atoms with van der Waals surface area (Å²) in [5, 5.41) is 4.12. The predicted octanol–water partition coefficient (Wildman–Crippen LogP) is 8.42. The van der Waals surface area contributed by atoms with Crippen molar-refractivity contribution in [2.75, 3.05) is 5.32 Å². The lowest BCUT2D eigenvalue weighted by Crippen LogP contribution is -1.99. The lowest BCUT2D eigenvalue weighted by molar-refractivity contribution is 0.629. The van der Waals surface area contributed by atoms with Crippen LogP contribution in [0.3, 0.4) is 0 Å². The van der Waals surface area contributed by atoms with Crippen LogP contribution in [0.4, 0.5) is 28.9 Å². The van der Waals surface area contributed by atoms with E-state index in [0.717, 1.165) is 0 Å². The molecule has 0 radical (unpaired) electrons. The zero-order valence-electron chi connectivity index (χ0n) is 19.1. The van der Waals surface area contributed by atoms with E-state index in [-0.39, 0.29) is 11.1 Å². The Labute approximate surface area is 209 Å². The van der Waals surface area contributed by atoms with Gasteiger partial charge >= 0.3 is 0 Å². The molecule has 180 valence electrons. The van der Waals surface area contributed by atoms with Crippen molar-refractivity contribution in [3.63, 3.8) is 0 Å². The Morgan fingerprint density at radius 3 is 1.35 bits per heavy atom. The molecular formula is C30H17F4N3. The van der Waals surface area contributed by atoms with Gasteiger partial charge in [0.05, 0.1) is 33.8 Å². The summed E-state index contributed by atoms with van der Waals surface area (Å²) in [6, 6.07) is 23.8. The second-order valence-electron chi connectivity index (χ2n) is 8.52. The van der Waals surface area contributed by atoms with Gasteiger partial charge in [-0.2, -0.15) is 0 Å². The number of halogens is 4. The van der Waals surface area contributed by atoms with Gasteiger partial charge in [-0.25, -0.2) is 27.5 Å². The van der Waals surface area contributed by atoms with Gasteiger partial charge in [0, 0.05) is 21.9 Å². The molecule has 0 bridgehead atoms. The fourth-order valence-corrected chi connectivity index (χ4v) is 4.36. The molecule has 37 heavy (non-hydrogen) atoms. The smallest absolute Gasteiger partial charge is 0.132 e. The van der Waals surface area contributed by atoms with Crippen molar-refractivity contribution in [2.45, 2.75) is 0 Å². The molecular weight excluding hydrogens is 478 g/mol. The quantitative estimate of drug-likeness (QED) is 0.250. The number of aromatic nitrogens is 2. The van der Waals surface area contributed by atoms with E-state index >= 15 is 0 Å². The summed E-state index contributed by atoms with van der Waals surface area (Å²) in [4.78, 5) is 9.07. The highest BCUT2D eigenvalue weighted by Gasteiger charge is 2.16. The fourth-order valence-electron chi connectivity index (χ4n) is 4.36. The van der Waals surface area contributed by atoms with E-state index in [1.54, 1.807) is 48.5 Å². The van der Waals surface area contributed by atoms with Gasteiger partial charge in [0.1, 0.15) is 23.3 Å². The minimum Gasteiger partial charge on any atom is -0.354 e. The van der Waals surface area contributed by atoms with Gasteiger partial charge in [0.15, 0.2) is 0 Å². The highest BCUT2D eigenvalue weighted by Crippen LogP contribution is 2.36. The van der Waals surface area contributed by atoms with Crippen LogP contribution in [0.5, 0.6) is 0 Å². The van der Waals surface area contributed by atoms with Crippen LogP contribution in [0.15, 0.2) is 97.1 Å². The SMILES string of the molecule is Fc1ccc2nc(-c3ccccc3F)cc(Nc3cc(-c4ccccc4F)nc4ccc(F)cc34)c2c1. The van der Waals surface area contributed by atoms with Gasteiger partial charge < -0.3 is 5.32 Å². The van der Waals surface area contributed by atoms with Crippen molar-refractivity contribution in [1.29, 1.82) is 0 Å². The van der Waals surface area contributed by atoms with Crippen LogP contribution >= 0.6 is 0 Å². The van der Waals surface area contributed by atoms with Crippen molar-refractivity contribution in [3.8, 4) is 22.5 Å². The first-order valence-electron chi connectivity index (χ1n) is 11.4. The molecule has 0 unspecified atom stereocenters. The number of pyridine rings is 2. The van der Waals surface area contributed by atoms with Crippen LogP contribution in [-0.2, 0) is 0 Å². The average Bonchev–Trinajstić information content (AvgIpc) is 2.89. The zero-order chi connectivity index (χ0) is 25.5. The van der Waals surface area contributed by atoms with Crippen LogP contribution in [-0.4, -0.2) is 9.97 Å². The molecule has 0 aliphatic rings. The summed E-state index contributed by atoms with van der Waals surface area (Å²) < 4.78 is 57.8. The molecule has 0 fully saturated rings. The van der Waals surface area contributed by atoms with Crippen LogP contribution in [0, 0.1) is 23.3 Å². The van der Waals surface area contributed by atoms with Crippen LogP contribution in [0.2, 0.25) is 0 Å². The number of fused-ring (bicyclic) bond motifs is 2. The Morgan fingerprint density at radius 1 is 0.486 bits per heavy atom. The Balaban J connectivity index is 1.59.